The molecule has 0 spiro atoms. The van der Waals surface area contributed by atoms with E-state index in [0.29, 0.717) is 0 Å². The Kier molecular flexibility index (Phi) is 3.93. The smallest absolute Gasteiger partial charge is 0.159 e. The third-order valence-electron chi connectivity index (χ3n) is 5.19. The highest BCUT2D eigenvalue weighted by Gasteiger charge is 2.15. The molecule has 0 atom stereocenters. The summed E-state index contributed by atoms with van der Waals surface area (Å²) < 4.78 is 4.44. The Morgan fingerprint density at radius 3 is 1.82 bits per heavy atom. The van der Waals surface area contributed by atoms with Gasteiger partial charge in [-0.2, -0.15) is 0 Å². The van der Waals surface area contributed by atoms with Gasteiger partial charge in [-0.15, -0.1) is 0 Å². The standard InChI is InChI=1S/C23H21N5/c1-3-27-20-11-7-5-9-17(20)25-22(27)16-13-14-19(24-15-16)23-26-18-10-6-8-12-21(18)28(23)4-2/h5-15H,3-4H2,1-2H3. The van der Waals surface area contributed by atoms with Crippen LogP contribution in [0.25, 0.3) is 45.0 Å². The Balaban J connectivity index is 1.61. The average Bonchev–Trinajstić information content (AvgIpc) is 3.31. The summed E-state index contributed by atoms with van der Waals surface area (Å²) >= 11 is 0. The maximum Gasteiger partial charge on any atom is 0.159 e. The number of fused-ring (bicyclic) bond motifs is 2. The highest BCUT2D eigenvalue weighted by molar-refractivity contribution is 5.82. The number of pyridine rings is 1. The third kappa shape index (κ3) is 2.51. The van der Waals surface area contributed by atoms with Gasteiger partial charge in [0, 0.05) is 24.8 Å². The molecule has 5 rings (SSSR count). The molecule has 0 amide bonds. The Hall–Kier alpha value is -3.47. The molecule has 5 nitrogen and oxygen atoms in total. The zero-order valence-electron chi connectivity index (χ0n) is 16.0. The molecule has 0 bridgehead atoms. The number of para-hydroxylation sites is 4. The molecule has 3 aromatic heterocycles. The van der Waals surface area contributed by atoms with Crippen molar-refractivity contribution in [2.75, 3.05) is 0 Å². The van der Waals surface area contributed by atoms with Gasteiger partial charge in [0.05, 0.1) is 22.1 Å². The Labute approximate surface area is 163 Å². The normalized spacial score (nSPS) is 11.5. The average molecular weight is 367 g/mol. The van der Waals surface area contributed by atoms with Gasteiger partial charge in [-0.3, -0.25) is 4.98 Å². The highest BCUT2D eigenvalue weighted by atomic mass is 15.1. The minimum Gasteiger partial charge on any atom is -0.324 e. The number of aryl methyl sites for hydroxylation is 2. The van der Waals surface area contributed by atoms with Crippen molar-refractivity contribution in [1.82, 2.24) is 24.1 Å². The summed E-state index contributed by atoms with van der Waals surface area (Å²) in [5.41, 5.74) is 6.19. The maximum atomic E-state index is 4.83. The van der Waals surface area contributed by atoms with Crippen LogP contribution < -0.4 is 0 Å². The van der Waals surface area contributed by atoms with Gasteiger partial charge in [-0.05, 0) is 50.2 Å². The van der Waals surface area contributed by atoms with E-state index in [9.17, 15) is 0 Å². The van der Waals surface area contributed by atoms with Gasteiger partial charge in [0.25, 0.3) is 0 Å². The number of rotatable bonds is 4. The zero-order chi connectivity index (χ0) is 19.1. The van der Waals surface area contributed by atoms with E-state index in [1.54, 1.807) is 0 Å². The van der Waals surface area contributed by atoms with Crippen LogP contribution in [0.15, 0.2) is 66.9 Å². The fourth-order valence-corrected chi connectivity index (χ4v) is 3.87. The number of imidazole rings is 2. The summed E-state index contributed by atoms with van der Waals surface area (Å²) in [4.78, 5) is 14.4. The molecule has 0 aliphatic rings. The molecule has 5 heteroatoms. The van der Waals surface area contributed by atoms with E-state index in [1.807, 2.05) is 36.5 Å². The second-order valence-corrected chi connectivity index (χ2v) is 6.77. The largest absolute Gasteiger partial charge is 0.324 e. The Bertz CT molecular complexity index is 1180. The summed E-state index contributed by atoms with van der Waals surface area (Å²) in [5.74, 6) is 1.85. The summed E-state index contributed by atoms with van der Waals surface area (Å²) in [5, 5.41) is 0. The van der Waals surface area contributed by atoms with Crippen molar-refractivity contribution < 1.29 is 0 Å². The fraction of sp³-hybridized carbons (Fsp3) is 0.174. The van der Waals surface area contributed by atoms with Crippen LogP contribution in [0.1, 0.15) is 13.8 Å². The Morgan fingerprint density at radius 1 is 0.679 bits per heavy atom. The van der Waals surface area contributed by atoms with E-state index in [4.69, 9.17) is 15.0 Å². The SMILES string of the molecule is CCn1c(-c2ccc(-c3nc4ccccc4n3CC)nc2)nc2ccccc21. The first-order valence-electron chi connectivity index (χ1n) is 9.67. The van der Waals surface area contributed by atoms with Crippen LogP contribution in [0.4, 0.5) is 0 Å². The summed E-state index contributed by atoms with van der Waals surface area (Å²) in [7, 11) is 0. The molecule has 0 unspecified atom stereocenters. The summed E-state index contributed by atoms with van der Waals surface area (Å²) in [6.45, 7) is 5.99. The van der Waals surface area contributed by atoms with Crippen LogP contribution in [0.2, 0.25) is 0 Å². The van der Waals surface area contributed by atoms with Gasteiger partial charge in [0.2, 0.25) is 0 Å². The second kappa shape index (κ2) is 6.60. The molecule has 0 radical (unpaired) electrons. The third-order valence-corrected chi connectivity index (χ3v) is 5.19. The molecule has 0 saturated heterocycles. The quantitative estimate of drug-likeness (QED) is 0.441. The van der Waals surface area contributed by atoms with Gasteiger partial charge in [0.1, 0.15) is 11.5 Å². The van der Waals surface area contributed by atoms with Crippen molar-refractivity contribution in [3.63, 3.8) is 0 Å². The first kappa shape index (κ1) is 16.7. The second-order valence-electron chi connectivity index (χ2n) is 6.77. The molecule has 0 N–H and O–H groups in total. The molecule has 3 heterocycles. The van der Waals surface area contributed by atoms with Gasteiger partial charge in [-0.25, -0.2) is 9.97 Å². The lowest BCUT2D eigenvalue weighted by Gasteiger charge is -2.08. The van der Waals surface area contributed by atoms with E-state index >= 15 is 0 Å². The maximum absolute atomic E-state index is 4.83. The minimum atomic E-state index is 0.852. The van der Waals surface area contributed by atoms with Crippen LogP contribution in [0.3, 0.4) is 0 Å². The lowest BCUT2D eigenvalue weighted by molar-refractivity contribution is 0.791. The predicted molar refractivity (Wildman–Crippen MR) is 113 cm³/mol. The van der Waals surface area contributed by atoms with Gasteiger partial charge >= 0.3 is 0 Å². The minimum absolute atomic E-state index is 0.852. The van der Waals surface area contributed by atoms with Gasteiger partial charge in [-0.1, -0.05) is 24.3 Å². The van der Waals surface area contributed by atoms with Crippen molar-refractivity contribution in [3.8, 4) is 22.9 Å². The highest BCUT2D eigenvalue weighted by Crippen LogP contribution is 2.27. The molecule has 138 valence electrons. The summed E-state index contributed by atoms with van der Waals surface area (Å²) in [6, 6.07) is 20.6. The molecule has 0 fully saturated rings. The van der Waals surface area contributed by atoms with Crippen molar-refractivity contribution in [1.29, 1.82) is 0 Å². The lowest BCUT2D eigenvalue weighted by Crippen LogP contribution is -2.00. The molecule has 0 aliphatic heterocycles. The number of hydrogen-bond donors (Lipinski definition) is 0. The van der Waals surface area contributed by atoms with Crippen LogP contribution in [0, 0.1) is 0 Å². The van der Waals surface area contributed by atoms with Gasteiger partial charge < -0.3 is 9.13 Å². The molecule has 0 saturated carbocycles. The molecular weight excluding hydrogens is 346 g/mol. The monoisotopic (exact) mass is 367 g/mol. The molecule has 2 aromatic carbocycles. The van der Waals surface area contributed by atoms with E-state index < -0.39 is 0 Å². The first-order chi connectivity index (χ1) is 13.8. The van der Waals surface area contributed by atoms with Crippen molar-refractivity contribution in [2.24, 2.45) is 0 Å². The van der Waals surface area contributed by atoms with Gasteiger partial charge in [0.15, 0.2) is 5.82 Å². The van der Waals surface area contributed by atoms with E-state index in [-0.39, 0.29) is 0 Å². The van der Waals surface area contributed by atoms with E-state index in [2.05, 4.69) is 53.3 Å². The fourth-order valence-electron chi connectivity index (χ4n) is 3.87. The van der Waals surface area contributed by atoms with E-state index in [0.717, 1.165) is 58.1 Å². The number of aromatic nitrogens is 5. The molecule has 5 aromatic rings. The van der Waals surface area contributed by atoms with Crippen LogP contribution in [-0.4, -0.2) is 24.1 Å². The zero-order valence-corrected chi connectivity index (χ0v) is 16.0. The Morgan fingerprint density at radius 2 is 1.25 bits per heavy atom. The topological polar surface area (TPSA) is 48.5 Å². The van der Waals surface area contributed by atoms with Crippen LogP contribution in [0.5, 0.6) is 0 Å². The first-order valence-corrected chi connectivity index (χ1v) is 9.67. The predicted octanol–water partition coefficient (Wildman–Crippen LogP) is 5.15. The summed E-state index contributed by atoms with van der Waals surface area (Å²) in [6.07, 6.45) is 1.90. The molecule has 0 aliphatic carbocycles. The van der Waals surface area contributed by atoms with Crippen LogP contribution in [-0.2, 0) is 13.1 Å². The van der Waals surface area contributed by atoms with Crippen molar-refractivity contribution in [2.45, 2.75) is 26.9 Å². The number of benzene rings is 2. The van der Waals surface area contributed by atoms with Crippen molar-refractivity contribution >= 4 is 22.1 Å². The lowest BCUT2D eigenvalue weighted by atomic mass is 10.2. The number of nitrogens with zero attached hydrogens (tertiary/aromatic N) is 5. The molecular formula is C23H21N5. The van der Waals surface area contributed by atoms with Crippen molar-refractivity contribution in [3.05, 3.63) is 66.9 Å². The molecule has 28 heavy (non-hydrogen) atoms. The number of hydrogen-bond acceptors (Lipinski definition) is 3. The van der Waals surface area contributed by atoms with E-state index in [1.165, 1.54) is 0 Å². The van der Waals surface area contributed by atoms with Crippen LogP contribution >= 0.6 is 0 Å².